The first-order chi connectivity index (χ1) is 14.4. The van der Waals surface area contributed by atoms with Gasteiger partial charge in [-0.25, -0.2) is 0 Å². The van der Waals surface area contributed by atoms with Crippen molar-refractivity contribution in [1.82, 2.24) is 9.80 Å². The highest BCUT2D eigenvalue weighted by Gasteiger charge is 2.46. The molecule has 0 unspecified atom stereocenters. The van der Waals surface area contributed by atoms with Crippen LogP contribution in [0.3, 0.4) is 0 Å². The standard InChI is InChI=1S/C24H27ClN2O3/c1-4-26(5-2)13-14-27-21(18-7-6-8-19(25)15-18)20(23(29)24(27)30)22(28)17-11-9-16(3)10-12-17/h6-12,15,21,28H,4-5,13-14H2,1-3H3/b22-20+/t21-/m1/s1. The first kappa shape index (κ1) is 22.1. The molecule has 1 heterocycles. The van der Waals surface area contributed by atoms with Gasteiger partial charge in [-0.15, -0.1) is 0 Å². The maximum atomic E-state index is 13.0. The molecule has 2 aromatic carbocycles. The highest BCUT2D eigenvalue weighted by Crippen LogP contribution is 2.39. The summed E-state index contributed by atoms with van der Waals surface area (Å²) in [5, 5.41) is 11.5. The number of rotatable bonds is 7. The van der Waals surface area contributed by atoms with Crippen molar-refractivity contribution in [2.45, 2.75) is 26.8 Å². The molecule has 0 radical (unpaired) electrons. The topological polar surface area (TPSA) is 60.9 Å². The highest BCUT2D eigenvalue weighted by molar-refractivity contribution is 6.46. The summed E-state index contributed by atoms with van der Waals surface area (Å²) >= 11 is 6.20. The zero-order valence-electron chi connectivity index (χ0n) is 17.6. The van der Waals surface area contributed by atoms with Gasteiger partial charge in [-0.1, -0.05) is 67.4 Å². The van der Waals surface area contributed by atoms with Crippen molar-refractivity contribution in [3.8, 4) is 0 Å². The van der Waals surface area contributed by atoms with E-state index in [2.05, 4.69) is 18.7 Å². The van der Waals surface area contributed by atoms with E-state index in [1.165, 1.54) is 0 Å². The van der Waals surface area contributed by atoms with Gasteiger partial charge in [-0.3, -0.25) is 9.59 Å². The Balaban J connectivity index is 2.09. The molecule has 1 saturated heterocycles. The van der Waals surface area contributed by atoms with Crippen LogP contribution in [-0.2, 0) is 9.59 Å². The number of aliphatic hydroxyl groups is 1. The molecule has 1 aliphatic heterocycles. The third-order valence-electron chi connectivity index (χ3n) is 5.58. The zero-order chi connectivity index (χ0) is 21.8. The summed E-state index contributed by atoms with van der Waals surface area (Å²) in [5.41, 5.74) is 2.35. The molecule has 1 fully saturated rings. The Morgan fingerprint density at radius 2 is 1.77 bits per heavy atom. The first-order valence-electron chi connectivity index (χ1n) is 10.2. The number of Topliss-reactive ketones (excluding diaryl/α,β-unsaturated/α-hetero) is 1. The Morgan fingerprint density at radius 3 is 2.37 bits per heavy atom. The van der Waals surface area contributed by atoms with Crippen LogP contribution in [0.5, 0.6) is 0 Å². The molecular formula is C24H27ClN2O3. The average Bonchev–Trinajstić information content (AvgIpc) is 2.99. The first-order valence-corrected chi connectivity index (χ1v) is 10.6. The average molecular weight is 427 g/mol. The van der Waals surface area contributed by atoms with Crippen LogP contribution < -0.4 is 0 Å². The molecule has 1 amide bonds. The van der Waals surface area contributed by atoms with E-state index >= 15 is 0 Å². The van der Waals surface area contributed by atoms with Crippen LogP contribution in [0.2, 0.25) is 5.02 Å². The van der Waals surface area contributed by atoms with E-state index in [-0.39, 0.29) is 11.3 Å². The summed E-state index contributed by atoms with van der Waals surface area (Å²) in [6.45, 7) is 8.79. The lowest BCUT2D eigenvalue weighted by molar-refractivity contribution is -0.140. The normalized spacial score (nSPS) is 18.4. The smallest absolute Gasteiger partial charge is 0.295 e. The van der Waals surface area contributed by atoms with E-state index < -0.39 is 17.7 Å². The van der Waals surface area contributed by atoms with Gasteiger partial charge in [-0.05, 0) is 37.7 Å². The van der Waals surface area contributed by atoms with Crippen LogP contribution in [0.25, 0.3) is 5.76 Å². The van der Waals surface area contributed by atoms with Gasteiger partial charge in [0.15, 0.2) is 0 Å². The lowest BCUT2D eigenvalue weighted by Crippen LogP contribution is -2.38. The summed E-state index contributed by atoms with van der Waals surface area (Å²) in [6.07, 6.45) is 0. The summed E-state index contributed by atoms with van der Waals surface area (Å²) in [5.74, 6) is -1.43. The van der Waals surface area contributed by atoms with Crippen LogP contribution >= 0.6 is 11.6 Å². The number of ketones is 1. The Hall–Kier alpha value is -2.63. The second kappa shape index (κ2) is 9.45. The van der Waals surface area contributed by atoms with Gasteiger partial charge in [0.1, 0.15) is 5.76 Å². The van der Waals surface area contributed by atoms with Gasteiger partial charge >= 0.3 is 0 Å². The number of hydrogen-bond acceptors (Lipinski definition) is 4. The van der Waals surface area contributed by atoms with E-state index in [4.69, 9.17) is 11.6 Å². The molecule has 30 heavy (non-hydrogen) atoms. The molecule has 0 saturated carbocycles. The number of nitrogens with zero attached hydrogens (tertiary/aromatic N) is 2. The predicted molar refractivity (Wildman–Crippen MR) is 119 cm³/mol. The van der Waals surface area contributed by atoms with Crippen molar-refractivity contribution in [1.29, 1.82) is 0 Å². The summed E-state index contributed by atoms with van der Waals surface area (Å²) in [7, 11) is 0. The SMILES string of the molecule is CCN(CC)CCN1C(=O)C(=O)/C(=C(/O)c2ccc(C)cc2)[C@H]1c1cccc(Cl)c1. The Labute approximate surface area is 182 Å². The van der Waals surface area contributed by atoms with Gasteiger partial charge in [0.2, 0.25) is 0 Å². The lowest BCUT2D eigenvalue weighted by Gasteiger charge is -2.28. The van der Waals surface area contributed by atoms with E-state index in [0.717, 1.165) is 18.7 Å². The van der Waals surface area contributed by atoms with Gasteiger partial charge < -0.3 is 14.9 Å². The van der Waals surface area contributed by atoms with Gasteiger partial charge in [0.05, 0.1) is 11.6 Å². The van der Waals surface area contributed by atoms with Crippen LogP contribution in [-0.4, -0.2) is 52.8 Å². The minimum absolute atomic E-state index is 0.102. The van der Waals surface area contributed by atoms with Crippen molar-refractivity contribution < 1.29 is 14.7 Å². The summed E-state index contributed by atoms with van der Waals surface area (Å²) < 4.78 is 0. The molecule has 3 rings (SSSR count). The maximum Gasteiger partial charge on any atom is 0.295 e. The predicted octanol–water partition coefficient (Wildman–Crippen LogP) is 4.41. The Kier molecular flexibility index (Phi) is 6.95. The van der Waals surface area contributed by atoms with Crippen LogP contribution in [0, 0.1) is 6.92 Å². The monoisotopic (exact) mass is 426 g/mol. The van der Waals surface area contributed by atoms with E-state index in [0.29, 0.717) is 29.2 Å². The number of benzene rings is 2. The Morgan fingerprint density at radius 1 is 1.10 bits per heavy atom. The number of amides is 1. The van der Waals surface area contributed by atoms with Crippen molar-refractivity contribution >= 4 is 29.1 Å². The molecule has 0 aromatic heterocycles. The zero-order valence-corrected chi connectivity index (χ0v) is 18.3. The lowest BCUT2D eigenvalue weighted by atomic mass is 9.95. The van der Waals surface area contributed by atoms with Crippen molar-refractivity contribution in [3.05, 3.63) is 75.8 Å². The molecule has 1 N–H and O–H groups in total. The molecule has 0 spiro atoms. The van der Waals surface area contributed by atoms with E-state index in [1.807, 2.05) is 25.1 Å². The van der Waals surface area contributed by atoms with Crippen LogP contribution in [0.1, 0.15) is 36.6 Å². The quantitative estimate of drug-likeness (QED) is 0.404. The molecule has 0 aliphatic carbocycles. The van der Waals surface area contributed by atoms with E-state index in [9.17, 15) is 14.7 Å². The number of hydrogen-bond donors (Lipinski definition) is 1. The molecule has 158 valence electrons. The van der Waals surface area contributed by atoms with Gasteiger partial charge in [-0.2, -0.15) is 0 Å². The fraction of sp³-hybridized carbons (Fsp3) is 0.333. The van der Waals surface area contributed by atoms with Crippen molar-refractivity contribution in [3.63, 3.8) is 0 Å². The third kappa shape index (κ3) is 4.42. The molecule has 0 bridgehead atoms. The number of carbonyl (C=O) groups is 2. The second-order valence-electron chi connectivity index (χ2n) is 7.44. The fourth-order valence-electron chi connectivity index (χ4n) is 3.79. The van der Waals surface area contributed by atoms with E-state index in [1.54, 1.807) is 35.2 Å². The van der Waals surface area contributed by atoms with Gasteiger partial charge in [0, 0.05) is 23.7 Å². The number of aryl methyl sites for hydroxylation is 1. The van der Waals surface area contributed by atoms with Crippen molar-refractivity contribution in [2.75, 3.05) is 26.2 Å². The van der Waals surface area contributed by atoms with Crippen LogP contribution in [0.4, 0.5) is 0 Å². The third-order valence-corrected chi connectivity index (χ3v) is 5.82. The number of likely N-dealkylation sites (tertiary alicyclic amines) is 1. The summed E-state index contributed by atoms with van der Waals surface area (Å²) in [6, 6.07) is 13.6. The fourth-order valence-corrected chi connectivity index (χ4v) is 3.99. The Bertz CT molecular complexity index is 965. The van der Waals surface area contributed by atoms with Crippen LogP contribution in [0.15, 0.2) is 54.1 Å². The molecule has 2 aromatic rings. The minimum atomic E-state index is -0.680. The number of aliphatic hydroxyl groups excluding tert-OH is 1. The number of carbonyl (C=O) groups excluding carboxylic acids is 2. The van der Waals surface area contributed by atoms with Crippen molar-refractivity contribution in [2.24, 2.45) is 0 Å². The largest absolute Gasteiger partial charge is 0.507 e. The molecule has 5 nitrogen and oxygen atoms in total. The molecular weight excluding hydrogens is 400 g/mol. The minimum Gasteiger partial charge on any atom is -0.507 e. The maximum absolute atomic E-state index is 13.0. The molecule has 1 aliphatic rings. The molecule has 6 heteroatoms. The highest BCUT2D eigenvalue weighted by atomic mass is 35.5. The number of halogens is 1. The molecule has 1 atom stereocenters. The second-order valence-corrected chi connectivity index (χ2v) is 7.88. The van der Waals surface area contributed by atoms with Gasteiger partial charge in [0.25, 0.3) is 11.7 Å². The number of likely N-dealkylation sites (N-methyl/N-ethyl adjacent to an activating group) is 1. The summed E-state index contributed by atoms with van der Waals surface area (Å²) in [4.78, 5) is 29.7.